The topological polar surface area (TPSA) is 114 Å². The van der Waals surface area contributed by atoms with Crippen LogP contribution in [0.25, 0.3) is 10.8 Å². The van der Waals surface area contributed by atoms with E-state index in [9.17, 15) is 18.0 Å². The molecule has 0 atom stereocenters. The number of carbonyl (C=O) groups is 2. The lowest BCUT2D eigenvalue weighted by Crippen LogP contribution is -2.42. The first-order chi connectivity index (χ1) is 13.9. The number of ether oxygens (including phenoxy) is 1. The van der Waals surface area contributed by atoms with E-state index in [1.165, 1.54) is 7.11 Å². The Labute approximate surface area is 167 Å². The molecular weight excluding hydrogens is 394 g/mol. The van der Waals surface area contributed by atoms with Crippen molar-refractivity contribution in [3.8, 4) is 0 Å². The van der Waals surface area contributed by atoms with E-state index in [0.717, 1.165) is 10.8 Å². The molecule has 3 aromatic carbocycles. The van der Waals surface area contributed by atoms with Gasteiger partial charge in [0.1, 0.15) is 0 Å². The molecule has 9 heteroatoms. The van der Waals surface area contributed by atoms with Crippen LogP contribution < -0.4 is 15.6 Å². The van der Waals surface area contributed by atoms with Gasteiger partial charge in [0, 0.05) is 5.69 Å². The van der Waals surface area contributed by atoms with Gasteiger partial charge in [0.2, 0.25) is 5.91 Å². The number of rotatable bonds is 5. The molecule has 0 aromatic heterocycles. The molecule has 150 valence electrons. The number of amides is 2. The summed E-state index contributed by atoms with van der Waals surface area (Å²) in [5, 5.41) is 1.79. The predicted octanol–water partition coefficient (Wildman–Crippen LogP) is 2.57. The van der Waals surface area contributed by atoms with Crippen LogP contribution in [0.4, 0.5) is 10.5 Å². The van der Waals surface area contributed by atoms with Crippen LogP contribution in [0.5, 0.6) is 0 Å². The van der Waals surface area contributed by atoms with E-state index in [1.807, 2.05) is 24.3 Å². The molecule has 0 aliphatic carbocycles. The van der Waals surface area contributed by atoms with Gasteiger partial charge in [0.05, 0.1) is 18.4 Å². The minimum Gasteiger partial charge on any atom is -0.452 e. The minimum absolute atomic E-state index is 0.00169. The summed E-state index contributed by atoms with van der Waals surface area (Å²) in [5.41, 5.74) is 5.28. The lowest BCUT2D eigenvalue weighted by molar-refractivity contribution is -0.121. The highest BCUT2D eigenvalue weighted by molar-refractivity contribution is 7.92. The SMILES string of the molecule is COC(=O)NNC(=O)Cc1ccc(NS(=O)(=O)c2ccc3ccccc3c2)cc1. The van der Waals surface area contributed by atoms with Crippen molar-refractivity contribution in [1.29, 1.82) is 0 Å². The highest BCUT2D eigenvalue weighted by Gasteiger charge is 2.15. The summed E-state index contributed by atoms with van der Waals surface area (Å²) in [6.45, 7) is 0. The number of sulfonamides is 1. The van der Waals surface area contributed by atoms with Crippen LogP contribution in [-0.2, 0) is 26.0 Å². The van der Waals surface area contributed by atoms with E-state index in [1.54, 1.807) is 42.5 Å². The summed E-state index contributed by atoms with van der Waals surface area (Å²) >= 11 is 0. The number of fused-ring (bicyclic) bond motifs is 1. The number of hydrogen-bond acceptors (Lipinski definition) is 5. The van der Waals surface area contributed by atoms with E-state index in [0.29, 0.717) is 11.3 Å². The molecule has 0 aliphatic heterocycles. The second-order valence-electron chi connectivity index (χ2n) is 6.15. The van der Waals surface area contributed by atoms with Crippen molar-refractivity contribution >= 4 is 38.5 Å². The number of benzene rings is 3. The zero-order valence-electron chi connectivity index (χ0n) is 15.5. The van der Waals surface area contributed by atoms with Crippen molar-refractivity contribution in [2.75, 3.05) is 11.8 Å². The molecule has 0 fully saturated rings. The maximum absolute atomic E-state index is 12.7. The summed E-state index contributed by atoms with van der Waals surface area (Å²) in [6.07, 6.45) is -0.779. The van der Waals surface area contributed by atoms with Crippen molar-refractivity contribution in [1.82, 2.24) is 10.9 Å². The van der Waals surface area contributed by atoms with Crippen molar-refractivity contribution in [3.63, 3.8) is 0 Å². The van der Waals surface area contributed by atoms with Gasteiger partial charge < -0.3 is 4.74 Å². The summed E-state index contributed by atoms with van der Waals surface area (Å²) < 4.78 is 32.2. The molecule has 0 heterocycles. The summed E-state index contributed by atoms with van der Waals surface area (Å²) in [6, 6.07) is 18.8. The molecule has 29 heavy (non-hydrogen) atoms. The first kappa shape index (κ1) is 20.2. The van der Waals surface area contributed by atoms with Crippen molar-refractivity contribution in [2.24, 2.45) is 0 Å². The van der Waals surface area contributed by atoms with E-state index in [2.05, 4.69) is 20.3 Å². The third-order valence-electron chi connectivity index (χ3n) is 4.09. The standard InChI is InChI=1S/C20H19N3O5S/c1-28-20(25)22-21-19(24)12-14-6-9-17(10-7-14)23-29(26,27)18-11-8-15-4-2-3-5-16(15)13-18/h2-11,13,23H,12H2,1H3,(H,21,24)(H,22,25). The van der Waals surface area contributed by atoms with Crippen LogP contribution in [0.2, 0.25) is 0 Å². The van der Waals surface area contributed by atoms with Gasteiger partial charge in [-0.15, -0.1) is 0 Å². The van der Waals surface area contributed by atoms with Crippen molar-refractivity contribution in [3.05, 3.63) is 72.3 Å². The zero-order valence-corrected chi connectivity index (χ0v) is 16.3. The summed E-state index contributed by atoms with van der Waals surface area (Å²) in [5.74, 6) is -0.445. The number of nitrogens with one attached hydrogen (secondary N) is 3. The van der Waals surface area contributed by atoms with E-state index in [-0.39, 0.29) is 11.3 Å². The van der Waals surface area contributed by atoms with Crippen LogP contribution >= 0.6 is 0 Å². The Morgan fingerprint density at radius 3 is 2.28 bits per heavy atom. The molecule has 0 spiro atoms. The van der Waals surface area contributed by atoms with E-state index < -0.39 is 22.0 Å². The molecular formula is C20H19N3O5S. The Morgan fingerprint density at radius 2 is 1.59 bits per heavy atom. The Hall–Kier alpha value is -3.59. The number of carbonyl (C=O) groups excluding carboxylic acids is 2. The van der Waals surface area contributed by atoms with Gasteiger partial charge in [-0.1, -0.05) is 42.5 Å². The Morgan fingerprint density at radius 1 is 0.897 bits per heavy atom. The fourth-order valence-corrected chi connectivity index (χ4v) is 3.73. The number of methoxy groups -OCH3 is 1. The number of hydrogen-bond donors (Lipinski definition) is 3. The Kier molecular flexibility index (Phi) is 5.99. The fraction of sp³-hybridized carbons (Fsp3) is 0.100. The molecule has 0 aliphatic rings. The lowest BCUT2D eigenvalue weighted by atomic mass is 10.1. The Balaban J connectivity index is 1.66. The van der Waals surface area contributed by atoms with Crippen LogP contribution in [0.3, 0.4) is 0 Å². The van der Waals surface area contributed by atoms with Gasteiger partial charge in [-0.05, 0) is 40.6 Å². The normalized spacial score (nSPS) is 10.9. The quantitative estimate of drug-likeness (QED) is 0.557. The summed E-state index contributed by atoms with van der Waals surface area (Å²) in [4.78, 5) is 22.8. The first-order valence-electron chi connectivity index (χ1n) is 8.61. The molecule has 2 amide bonds. The highest BCUT2D eigenvalue weighted by atomic mass is 32.2. The van der Waals surface area contributed by atoms with Gasteiger partial charge in [0.15, 0.2) is 0 Å². The van der Waals surface area contributed by atoms with Gasteiger partial charge in [-0.3, -0.25) is 14.9 Å². The molecule has 3 rings (SSSR count). The second kappa shape index (κ2) is 8.61. The molecule has 3 N–H and O–H groups in total. The van der Waals surface area contributed by atoms with Crippen LogP contribution in [0.15, 0.2) is 71.6 Å². The van der Waals surface area contributed by atoms with E-state index >= 15 is 0 Å². The molecule has 3 aromatic rings. The van der Waals surface area contributed by atoms with Gasteiger partial charge in [0.25, 0.3) is 10.0 Å². The van der Waals surface area contributed by atoms with E-state index in [4.69, 9.17) is 0 Å². The fourth-order valence-electron chi connectivity index (χ4n) is 2.64. The van der Waals surface area contributed by atoms with Crippen LogP contribution in [0.1, 0.15) is 5.56 Å². The minimum atomic E-state index is -3.75. The third kappa shape index (κ3) is 5.23. The van der Waals surface area contributed by atoms with Gasteiger partial charge in [-0.2, -0.15) is 0 Å². The number of hydrazine groups is 1. The largest absolute Gasteiger partial charge is 0.452 e. The number of anilines is 1. The summed E-state index contributed by atoms with van der Waals surface area (Å²) in [7, 11) is -2.57. The first-order valence-corrected chi connectivity index (χ1v) is 10.1. The Bertz CT molecular complexity index is 1140. The zero-order chi connectivity index (χ0) is 20.9. The monoisotopic (exact) mass is 413 g/mol. The maximum Gasteiger partial charge on any atom is 0.425 e. The molecule has 0 bridgehead atoms. The molecule has 0 unspecified atom stereocenters. The predicted molar refractivity (Wildman–Crippen MR) is 109 cm³/mol. The molecule has 0 radical (unpaired) electrons. The average molecular weight is 413 g/mol. The average Bonchev–Trinajstić information content (AvgIpc) is 2.72. The van der Waals surface area contributed by atoms with Crippen LogP contribution in [-0.4, -0.2) is 27.5 Å². The van der Waals surface area contributed by atoms with Gasteiger partial charge in [-0.25, -0.2) is 18.6 Å². The maximum atomic E-state index is 12.7. The van der Waals surface area contributed by atoms with Crippen LogP contribution in [0, 0.1) is 0 Å². The van der Waals surface area contributed by atoms with Gasteiger partial charge >= 0.3 is 6.09 Å². The highest BCUT2D eigenvalue weighted by Crippen LogP contribution is 2.21. The van der Waals surface area contributed by atoms with Crippen molar-refractivity contribution < 1.29 is 22.7 Å². The third-order valence-corrected chi connectivity index (χ3v) is 5.47. The molecule has 0 saturated heterocycles. The smallest absolute Gasteiger partial charge is 0.425 e. The lowest BCUT2D eigenvalue weighted by Gasteiger charge is -2.10. The molecule has 0 saturated carbocycles. The molecule has 8 nitrogen and oxygen atoms in total. The van der Waals surface area contributed by atoms with Crippen molar-refractivity contribution in [2.45, 2.75) is 11.3 Å². The second-order valence-corrected chi connectivity index (χ2v) is 7.84.